The van der Waals surface area contributed by atoms with Crippen LogP contribution in [0.3, 0.4) is 0 Å². The van der Waals surface area contributed by atoms with Gasteiger partial charge in [0.1, 0.15) is 16.9 Å². The molecule has 0 aromatic carbocycles. The Morgan fingerprint density at radius 1 is 1.16 bits per heavy atom. The molecule has 10 nitrogen and oxygen atoms in total. The number of hydrogen-bond acceptors (Lipinski definition) is 7. The fourth-order valence-electron chi connectivity index (χ4n) is 3.96. The van der Waals surface area contributed by atoms with Crippen molar-refractivity contribution < 1.29 is 9.21 Å². The van der Waals surface area contributed by atoms with Crippen LogP contribution in [0.4, 0.5) is 0 Å². The summed E-state index contributed by atoms with van der Waals surface area (Å²) in [4.78, 5) is 26.9. The van der Waals surface area contributed by atoms with Crippen LogP contribution in [0.25, 0.3) is 17.1 Å². The van der Waals surface area contributed by atoms with Crippen LogP contribution in [0.1, 0.15) is 33.8 Å². The molecule has 6 heterocycles. The first-order valence-corrected chi connectivity index (χ1v) is 10.3. The van der Waals surface area contributed by atoms with Gasteiger partial charge < -0.3 is 14.3 Å². The van der Waals surface area contributed by atoms with Gasteiger partial charge in [-0.05, 0) is 30.3 Å². The lowest BCUT2D eigenvalue weighted by molar-refractivity contribution is 0.0646. The molecule has 1 aliphatic heterocycles. The van der Waals surface area contributed by atoms with Crippen LogP contribution >= 0.6 is 11.6 Å². The number of aromatic nitrogens is 7. The molecule has 1 unspecified atom stereocenters. The standard InChI is InChI=1S/C21H15ClN8O2/c22-16-6-3-4-12-10-15(28-30(12)16)18-17-13(24-11-25-17)7-9-29(18)21(31)20-27-26-19(32-20)14-5-1-2-8-23-14/h1-6,8,10-11,18H,7,9H2,(H,24,25). The lowest BCUT2D eigenvalue weighted by Gasteiger charge is -2.32. The molecule has 0 saturated heterocycles. The van der Waals surface area contributed by atoms with E-state index in [1.165, 1.54) is 0 Å². The van der Waals surface area contributed by atoms with Crippen molar-refractivity contribution in [2.45, 2.75) is 12.5 Å². The molecular weight excluding hydrogens is 432 g/mol. The molecule has 1 amide bonds. The summed E-state index contributed by atoms with van der Waals surface area (Å²) >= 11 is 6.30. The van der Waals surface area contributed by atoms with Gasteiger partial charge in [-0.1, -0.05) is 23.7 Å². The van der Waals surface area contributed by atoms with Crippen LogP contribution in [0.2, 0.25) is 5.15 Å². The van der Waals surface area contributed by atoms with Crippen LogP contribution < -0.4 is 0 Å². The van der Waals surface area contributed by atoms with Crippen LogP contribution in [-0.4, -0.2) is 52.1 Å². The van der Waals surface area contributed by atoms with Crippen molar-refractivity contribution >= 4 is 23.0 Å². The van der Waals surface area contributed by atoms with Crippen LogP contribution in [0, 0.1) is 0 Å². The van der Waals surface area contributed by atoms with Gasteiger partial charge in [0.2, 0.25) is 0 Å². The Bertz CT molecular complexity index is 1440. The summed E-state index contributed by atoms with van der Waals surface area (Å²) in [5.74, 6) is -0.333. The maximum Gasteiger partial charge on any atom is 0.312 e. The van der Waals surface area contributed by atoms with Gasteiger partial charge in [0.05, 0.1) is 23.2 Å². The van der Waals surface area contributed by atoms with Crippen LogP contribution in [-0.2, 0) is 6.42 Å². The SMILES string of the molecule is O=C(c1nnc(-c2ccccn2)o1)N1CCc2[nH]cnc2C1c1cc2cccc(Cl)n2n1. The molecular formula is C21H15ClN8O2. The number of carbonyl (C=O) groups is 1. The second-order valence-corrected chi connectivity index (χ2v) is 7.69. The van der Waals surface area contributed by atoms with Crippen molar-refractivity contribution in [1.82, 2.24) is 39.7 Å². The number of pyridine rings is 2. The normalized spacial score (nSPS) is 15.8. The number of carbonyl (C=O) groups excluding carboxylic acids is 1. The zero-order valence-electron chi connectivity index (χ0n) is 16.5. The topological polar surface area (TPSA) is 118 Å². The summed E-state index contributed by atoms with van der Waals surface area (Å²) in [6, 6.07) is 12.2. The number of nitrogens with zero attached hydrogens (tertiary/aromatic N) is 7. The first-order chi connectivity index (χ1) is 15.7. The van der Waals surface area contributed by atoms with Gasteiger partial charge in [0.15, 0.2) is 0 Å². The Morgan fingerprint density at radius 3 is 2.94 bits per heavy atom. The van der Waals surface area contributed by atoms with Crippen molar-refractivity contribution in [3.8, 4) is 11.6 Å². The highest BCUT2D eigenvalue weighted by Gasteiger charge is 2.38. The molecule has 5 aromatic rings. The molecule has 1 atom stereocenters. The van der Waals surface area contributed by atoms with Crippen molar-refractivity contribution in [3.05, 3.63) is 83.1 Å². The summed E-state index contributed by atoms with van der Waals surface area (Å²) in [5.41, 5.74) is 3.65. The summed E-state index contributed by atoms with van der Waals surface area (Å²) in [5, 5.41) is 13.1. The maximum atomic E-state index is 13.5. The van der Waals surface area contributed by atoms with E-state index >= 15 is 0 Å². The highest BCUT2D eigenvalue weighted by atomic mass is 35.5. The fraction of sp³-hybridized carbons (Fsp3) is 0.143. The molecule has 0 aliphatic carbocycles. The van der Waals surface area contributed by atoms with Crippen LogP contribution in [0.15, 0.2) is 59.4 Å². The predicted molar refractivity (Wildman–Crippen MR) is 113 cm³/mol. The minimum atomic E-state index is -0.529. The molecule has 11 heteroatoms. The Kier molecular flexibility index (Phi) is 4.25. The second kappa shape index (κ2) is 7.27. The van der Waals surface area contributed by atoms with Gasteiger partial charge >= 0.3 is 11.8 Å². The Morgan fingerprint density at radius 2 is 2.09 bits per heavy atom. The number of fused-ring (bicyclic) bond motifs is 2. The average Bonchev–Trinajstić information content (AvgIpc) is 3.58. The summed E-state index contributed by atoms with van der Waals surface area (Å²) in [7, 11) is 0. The van der Waals surface area contributed by atoms with Crippen molar-refractivity contribution in [2.24, 2.45) is 0 Å². The van der Waals surface area contributed by atoms with E-state index in [0.717, 1.165) is 16.9 Å². The summed E-state index contributed by atoms with van der Waals surface area (Å²) < 4.78 is 7.30. The van der Waals surface area contributed by atoms with E-state index in [1.807, 2.05) is 24.3 Å². The van der Waals surface area contributed by atoms with Gasteiger partial charge in [-0.3, -0.25) is 9.78 Å². The fourth-order valence-corrected chi connectivity index (χ4v) is 4.16. The monoisotopic (exact) mass is 446 g/mol. The number of H-pyrrole nitrogens is 1. The third-order valence-electron chi connectivity index (χ3n) is 5.42. The molecule has 6 rings (SSSR count). The Balaban J connectivity index is 1.41. The Hall–Kier alpha value is -4.05. The summed E-state index contributed by atoms with van der Waals surface area (Å²) in [6.45, 7) is 0.432. The average molecular weight is 447 g/mol. The van der Waals surface area contributed by atoms with E-state index in [9.17, 15) is 4.79 Å². The Labute approximate surface area is 185 Å². The number of hydrogen-bond donors (Lipinski definition) is 1. The molecule has 0 radical (unpaired) electrons. The quantitative estimate of drug-likeness (QED) is 0.423. The van der Waals surface area contributed by atoms with Crippen molar-refractivity contribution in [3.63, 3.8) is 0 Å². The number of halogens is 1. The smallest absolute Gasteiger partial charge is 0.312 e. The van der Waals surface area contributed by atoms with Crippen molar-refractivity contribution in [2.75, 3.05) is 6.54 Å². The first kappa shape index (κ1) is 18.7. The molecule has 0 bridgehead atoms. The van der Waals surface area contributed by atoms with Gasteiger partial charge in [-0.25, -0.2) is 9.50 Å². The second-order valence-electron chi connectivity index (χ2n) is 7.30. The maximum absolute atomic E-state index is 13.5. The lowest BCUT2D eigenvalue weighted by atomic mass is 9.99. The molecule has 5 aromatic heterocycles. The largest absolute Gasteiger partial charge is 0.411 e. The highest BCUT2D eigenvalue weighted by molar-refractivity contribution is 6.29. The molecule has 1 N–H and O–H groups in total. The number of imidazole rings is 1. The molecule has 0 saturated carbocycles. The molecule has 1 aliphatic rings. The lowest BCUT2D eigenvalue weighted by Crippen LogP contribution is -2.41. The number of amides is 1. The molecule has 32 heavy (non-hydrogen) atoms. The zero-order chi connectivity index (χ0) is 21.7. The van der Waals surface area contributed by atoms with Gasteiger partial charge in [0, 0.05) is 24.9 Å². The molecule has 0 fully saturated rings. The van der Waals surface area contributed by atoms with E-state index in [1.54, 1.807) is 40.1 Å². The molecule has 158 valence electrons. The number of nitrogens with one attached hydrogen (secondary N) is 1. The van der Waals surface area contributed by atoms with E-state index in [2.05, 4.69) is 30.2 Å². The third-order valence-corrected chi connectivity index (χ3v) is 5.70. The van der Waals surface area contributed by atoms with Gasteiger partial charge in [-0.2, -0.15) is 5.10 Å². The predicted octanol–water partition coefficient (Wildman–Crippen LogP) is 2.94. The minimum absolute atomic E-state index is 0.114. The van der Waals surface area contributed by atoms with Gasteiger partial charge in [-0.15, -0.1) is 10.2 Å². The zero-order valence-corrected chi connectivity index (χ0v) is 17.3. The van der Waals surface area contributed by atoms with E-state index in [4.69, 9.17) is 16.0 Å². The number of rotatable bonds is 3. The minimum Gasteiger partial charge on any atom is -0.411 e. The number of aromatic amines is 1. The van der Waals surface area contributed by atoms with Crippen LogP contribution in [0.5, 0.6) is 0 Å². The van der Waals surface area contributed by atoms with E-state index < -0.39 is 11.9 Å². The van der Waals surface area contributed by atoms with Crippen molar-refractivity contribution in [1.29, 1.82) is 0 Å². The summed E-state index contributed by atoms with van der Waals surface area (Å²) in [6.07, 6.45) is 3.86. The first-order valence-electron chi connectivity index (χ1n) is 9.91. The molecule has 0 spiro atoms. The van der Waals surface area contributed by atoms with E-state index in [-0.39, 0.29) is 11.8 Å². The van der Waals surface area contributed by atoms with Gasteiger partial charge in [0.25, 0.3) is 5.89 Å². The third kappa shape index (κ3) is 2.95. The highest BCUT2D eigenvalue weighted by Crippen LogP contribution is 2.34. The van der Waals surface area contributed by atoms with E-state index in [0.29, 0.717) is 29.5 Å².